The standard InChI is InChI=1S/C18H19ClN4O2/c1-12-13(2)21-23(18(24)16(12)9-20)11-22-7-8-25-17(10-22)14-3-5-15(19)6-4-14/h3-6,17H,7-8,10-11H2,1-2H3. The van der Waals surface area contributed by atoms with Gasteiger partial charge in [-0.15, -0.1) is 0 Å². The minimum atomic E-state index is -0.347. The second-order valence-corrected chi connectivity index (χ2v) is 6.57. The Balaban J connectivity index is 1.80. The monoisotopic (exact) mass is 358 g/mol. The number of hydrogen-bond donors (Lipinski definition) is 0. The summed E-state index contributed by atoms with van der Waals surface area (Å²) in [6.07, 6.45) is -0.0799. The van der Waals surface area contributed by atoms with Crippen LogP contribution in [0.5, 0.6) is 0 Å². The first-order valence-electron chi connectivity index (χ1n) is 8.07. The molecule has 1 atom stereocenters. The molecule has 130 valence electrons. The van der Waals surface area contributed by atoms with E-state index in [1.54, 1.807) is 6.92 Å². The molecule has 0 bridgehead atoms. The van der Waals surface area contributed by atoms with Gasteiger partial charge in [-0.25, -0.2) is 4.68 Å². The average molecular weight is 359 g/mol. The Morgan fingerprint density at radius 2 is 2.08 bits per heavy atom. The lowest BCUT2D eigenvalue weighted by molar-refractivity contribution is -0.0422. The summed E-state index contributed by atoms with van der Waals surface area (Å²) < 4.78 is 7.21. The minimum absolute atomic E-state index is 0.0799. The van der Waals surface area contributed by atoms with E-state index in [4.69, 9.17) is 16.3 Å². The van der Waals surface area contributed by atoms with E-state index in [9.17, 15) is 10.1 Å². The predicted octanol–water partition coefficient (Wildman–Crippen LogP) is 2.42. The number of halogens is 1. The lowest BCUT2D eigenvalue weighted by Gasteiger charge is -2.33. The summed E-state index contributed by atoms with van der Waals surface area (Å²) in [6.45, 7) is 5.80. The van der Waals surface area contributed by atoms with Crippen molar-refractivity contribution in [2.75, 3.05) is 19.7 Å². The zero-order valence-electron chi connectivity index (χ0n) is 14.2. The van der Waals surface area contributed by atoms with Gasteiger partial charge in [0.15, 0.2) is 0 Å². The highest BCUT2D eigenvalue weighted by Crippen LogP contribution is 2.23. The van der Waals surface area contributed by atoms with Crippen LogP contribution in [-0.4, -0.2) is 34.4 Å². The minimum Gasteiger partial charge on any atom is -0.371 e. The van der Waals surface area contributed by atoms with Crippen LogP contribution in [0.25, 0.3) is 0 Å². The van der Waals surface area contributed by atoms with Crippen molar-refractivity contribution in [2.45, 2.75) is 26.6 Å². The van der Waals surface area contributed by atoms with Crippen molar-refractivity contribution in [3.05, 3.63) is 62.0 Å². The number of ether oxygens (including phenoxy) is 1. The van der Waals surface area contributed by atoms with Crippen molar-refractivity contribution < 1.29 is 4.74 Å². The molecular formula is C18H19ClN4O2. The van der Waals surface area contributed by atoms with E-state index in [2.05, 4.69) is 10.00 Å². The van der Waals surface area contributed by atoms with Crippen molar-refractivity contribution in [2.24, 2.45) is 0 Å². The molecule has 1 fully saturated rings. The van der Waals surface area contributed by atoms with Gasteiger partial charge in [-0.2, -0.15) is 10.4 Å². The average Bonchev–Trinajstić information content (AvgIpc) is 2.61. The number of nitriles is 1. The molecule has 1 aliphatic rings. The topological polar surface area (TPSA) is 71.2 Å². The fraction of sp³-hybridized carbons (Fsp3) is 0.389. The third kappa shape index (κ3) is 3.74. The van der Waals surface area contributed by atoms with Crippen molar-refractivity contribution in [1.29, 1.82) is 5.26 Å². The molecule has 2 aromatic rings. The predicted molar refractivity (Wildman–Crippen MR) is 94.4 cm³/mol. The van der Waals surface area contributed by atoms with Crippen LogP contribution in [0, 0.1) is 25.2 Å². The zero-order chi connectivity index (χ0) is 18.0. The highest BCUT2D eigenvalue weighted by Gasteiger charge is 2.23. The van der Waals surface area contributed by atoms with Crippen LogP contribution in [0.1, 0.15) is 28.5 Å². The van der Waals surface area contributed by atoms with Gasteiger partial charge in [0.2, 0.25) is 0 Å². The normalized spacial score (nSPS) is 18.1. The van der Waals surface area contributed by atoms with Gasteiger partial charge >= 0.3 is 0 Å². The van der Waals surface area contributed by atoms with Crippen molar-refractivity contribution in [3.63, 3.8) is 0 Å². The van der Waals surface area contributed by atoms with Gasteiger partial charge in [0.1, 0.15) is 11.6 Å². The molecule has 2 heterocycles. The van der Waals surface area contributed by atoms with Crippen LogP contribution in [0.2, 0.25) is 5.02 Å². The molecule has 25 heavy (non-hydrogen) atoms. The molecule has 1 unspecified atom stereocenters. The zero-order valence-corrected chi connectivity index (χ0v) is 15.0. The number of rotatable bonds is 3. The van der Waals surface area contributed by atoms with Gasteiger partial charge in [0, 0.05) is 18.1 Å². The highest BCUT2D eigenvalue weighted by molar-refractivity contribution is 6.30. The summed E-state index contributed by atoms with van der Waals surface area (Å²) in [5.74, 6) is 0. The van der Waals surface area contributed by atoms with Crippen LogP contribution in [-0.2, 0) is 11.4 Å². The largest absolute Gasteiger partial charge is 0.371 e. The van der Waals surface area contributed by atoms with Gasteiger partial charge in [-0.05, 0) is 37.1 Å². The number of aryl methyl sites for hydroxylation is 1. The molecule has 1 aromatic heterocycles. The Morgan fingerprint density at radius 1 is 1.36 bits per heavy atom. The van der Waals surface area contributed by atoms with Crippen molar-refractivity contribution in [3.8, 4) is 6.07 Å². The molecule has 3 rings (SSSR count). The Kier molecular flexibility index (Phi) is 5.19. The van der Waals surface area contributed by atoms with Gasteiger partial charge < -0.3 is 4.74 Å². The molecule has 0 aliphatic carbocycles. The molecule has 7 heteroatoms. The first-order chi connectivity index (χ1) is 12.0. The summed E-state index contributed by atoms with van der Waals surface area (Å²) in [5, 5.41) is 14.3. The molecule has 0 radical (unpaired) electrons. The molecule has 1 saturated heterocycles. The lowest BCUT2D eigenvalue weighted by Crippen LogP contribution is -2.42. The Hall–Kier alpha value is -2.20. The summed E-state index contributed by atoms with van der Waals surface area (Å²) >= 11 is 5.94. The van der Waals surface area contributed by atoms with E-state index >= 15 is 0 Å². The van der Waals surface area contributed by atoms with Gasteiger partial charge in [-0.1, -0.05) is 23.7 Å². The second-order valence-electron chi connectivity index (χ2n) is 6.13. The molecule has 0 saturated carbocycles. The quantitative estimate of drug-likeness (QED) is 0.842. The molecule has 0 N–H and O–H groups in total. The van der Waals surface area contributed by atoms with E-state index in [-0.39, 0.29) is 17.2 Å². The highest BCUT2D eigenvalue weighted by atomic mass is 35.5. The third-order valence-electron chi connectivity index (χ3n) is 4.47. The molecule has 1 aliphatic heterocycles. The summed E-state index contributed by atoms with van der Waals surface area (Å²) in [5.41, 5.74) is 2.20. The van der Waals surface area contributed by atoms with Gasteiger partial charge in [0.05, 0.1) is 25.1 Å². The smallest absolute Gasteiger partial charge is 0.286 e. The number of benzene rings is 1. The number of morpholine rings is 1. The number of aromatic nitrogens is 2. The van der Waals surface area contributed by atoms with E-state index < -0.39 is 0 Å². The molecule has 6 nitrogen and oxygen atoms in total. The molecule has 0 spiro atoms. The molecular weight excluding hydrogens is 340 g/mol. The Labute approximate surface area is 151 Å². The van der Waals surface area contributed by atoms with Crippen LogP contribution < -0.4 is 5.56 Å². The first-order valence-corrected chi connectivity index (χ1v) is 8.45. The van der Waals surface area contributed by atoms with Crippen LogP contribution in [0.3, 0.4) is 0 Å². The van der Waals surface area contributed by atoms with Gasteiger partial charge in [-0.3, -0.25) is 9.69 Å². The third-order valence-corrected chi connectivity index (χ3v) is 4.73. The summed E-state index contributed by atoms with van der Waals surface area (Å²) in [7, 11) is 0. The van der Waals surface area contributed by atoms with Crippen molar-refractivity contribution in [1.82, 2.24) is 14.7 Å². The van der Waals surface area contributed by atoms with Crippen LogP contribution in [0.15, 0.2) is 29.1 Å². The van der Waals surface area contributed by atoms with E-state index in [0.29, 0.717) is 42.6 Å². The van der Waals surface area contributed by atoms with E-state index in [1.165, 1.54) is 4.68 Å². The number of nitrogens with zero attached hydrogens (tertiary/aromatic N) is 4. The van der Waals surface area contributed by atoms with E-state index in [1.807, 2.05) is 37.3 Å². The second kappa shape index (κ2) is 7.36. The first kappa shape index (κ1) is 17.6. The van der Waals surface area contributed by atoms with Crippen LogP contribution in [0.4, 0.5) is 0 Å². The summed E-state index contributed by atoms with van der Waals surface area (Å²) in [6, 6.07) is 9.57. The van der Waals surface area contributed by atoms with Crippen molar-refractivity contribution >= 4 is 11.6 Å². The van der Waals surface area contributed by atoms with Gasteiger partial charge in [0.25, 0.3) is 5.56 Å². The molecule has 0 amide bonds. The molecule has 1 aromatic carbocycles. The van der Waals surface area contributed by atoms with Crippen LogP contribution >= 0.6 is 11.6 Å². The summed E-state index contributed by atoms with van der Waals surface area (Å²) in [4.78, 5) is 14.5. The maximum Gasteiger partial charge on any atom is 0.286 e. The fourth-order valence-corrected chi connectivity index (χ4v) is 3.02. The maximum atomic E-state index is 12.4. The Morgan fingerprint density at radius 3 is 2.76 bits per heavy atom. The Bertz CT molecular complexity index is 870. The lowest BCUT2D eigenvalue weighted by atomic mass is 10.1. The number of hydrogen-bond acceptors (Lipinski definition) is 5. The SMILES string of the molecule is Cc1nn(CN2CCOC(c3ccc(Cl)cc3)C2)c(=O)c(C#N)c1C. The maximum absolute atomic E-state index is 12.4. The van der Waals surface area contributed by atoms with E-state index in [0.717, 1.165) is 5.56 Å². The fourth-order valence-electron chi connectivity index (χ4n) is 2.90.